The van der Waals surface area contributed by atoms with Crippen LogP contribution in [0.25, 0.3) is 0 Å². The largest absolute Gasteiger partial charge is 0.279 e. The van der Waals surface area contributed by atoms with Crippen LogP contribution in [0.5, 0.6) is 0 Å². The highest BCUT2D eigenvalue weighted by atomic mass is 16.1. The number of hydrogen-bond donors (Lipinski definition) is 1. The maximum Gasteiger partial charge on any atom is 0.272 e. The molecule has 1 heterocycles. The fourth-order valence-corrected chi connectivity index (χ4v) is 1.34. The fourth-order valence-electron chi connectivity index (χ4n) is 1.34. The SMILES string of the molecule is CC/C(C)=N/Nc1nc(CC)c(C#N)c(=O)n1C. The molecule has 6 heteroatoms. The molecule has 0 unspecified atom stereocenters. The minimum atomic E-state index is -0.351. The van der Waals surface area contributed by atoms with Crippen molar-refractivity contribution in [2.45, 2.75) is 33.6 Å². The maximum atomic E-state index is 11.9. The molecule has 0 aliphatic heterocycles. The molecule has 0 radical (unpaired) electrons. The van der Waals surface area contributed by atoms with Gasteiger partial charge in [-0.15, -0.1) is 0 Å². The Morgan fingerprint density at radius 2 is 2.22 bits per heavy atom. The molecule has 96 valence electrons. The second-order valence-corrected chi connectivity index (χ2v) is 3.90. The van der Waals surface area contributed by atoms with Crippen LogP contribution in [0.3, 0.4) is 0 Å². The van der Waals surface area contributed by atoms with Gasteiger partial charge in [-0.25, -0.2) is 10.4 Å². The first-order valence-corrected chi connectivity index (χ1v) is 5.84. The molecule has 0 aliphatic rings. The summed E-state index contributed by atoms with van der Waals surface area (Å²) in [6, 6.07) is 1.90. The van der Waals surface area contributed by atoms with Crippen molar-refractivity contribution in [1.82, 2.24) is 9.55 Å². The first kappa shape index (κ1) is 13.9. The van der Waals surface area contributed by atoms with Gasteiger partial charge in [0.25, 0.3) is 5.56 Å². The Kier molecular flexibility index (Phi) is 4.60. The number of anilines is 1. The molecule has 1 aromatic rings. The Labute approximate surface area is 106 Å². The molecule has 6 nitrogen and oxygen atoms in total. The van der Waals surface area contributed by atoms with E-state index in [0.717, 1.165) is 12.1 Å². The van der Waals surface area contributed by atoms with Crippen molar-refractivity contribution in [1.29, 1.82) is 5.26 Å². The zero-order chi connectivity index (χ0) is 13.7. The van der Waals surface area contributed by atoms with E-state index >= 15 is 0 Å². The molecule has 0 amide bonds. The van der Waals surface area contributed by atoms with E-state index in [1.54, 1.807) is 7.05 Å². The normalized spacial score (nSPS) is 11.2. The van der Waals surface area contributed by atoms with Gasteiger partial charge in [0, 0.05) is 12.8 Å². The quantitative estimate of drug-likeness (QED) is 0.644. The Balaban J connectivity index is 3.28. The molecule has 1 aromatic heterocycles. The van der Waals surface area contributed by atoms with Crippen molar-refractivity contribution in [2.24, 2.45) is 12.1 Å². The summed E-state index contributed by atoms with van der Waals surface area (Å²) >= 11 is 0. The standard InChI is InChI=1S/C12H17N5O/c1-5-8(3)15-16-12-14-10(6-2)9(7-13)11(18)17(12)4/h5-6H2,1-4H3,(H,14,16)/b15-8+. The summed E-state index contributed by atoms with van der Waals surface area (Å²) in [5, 5.41) is 13.1. The van der Waals surface area contributed by atoms with E-state index < -0.39 is 0 Å². The lowest BCUT2D eigenvalue weighted by Crippen LogP contribution is -2.25. The average molecular weight is 247 g/mol. The van der Waals surface area contributed by atoms with Crippen molar-refractivity contribution in [3.63, 3.8) is 0 Å². The van der Waals surface area contributed by atoms with Crippen LogP contribution in [0.2, 0.25) is 0 Å². The summed E-state index contributed by atoms with van der Waals surface area (Å²) in [7, 11) is 1.56. The van der Waals surface area contributed by atoms with Gasteiger partial charge >= 0.3 is 0 Å². The molecule has 0 aromatic carbocycles. The van der Waals surface area contributed by atoms with Gasteiger partial charge in [-0.2, -0.15) is 10.4 Å². The number of hydrazone groups is 1. The van der Waals surface area contributed by atoms with Gasteiger partial charge in [-0.1, -0.05) is 13.8 Å². The first-order valence-electron chi connectivity index (χ1n) is 5.84. The van der Waals surface area contributed by atoms with E-state index in [0.29, 0.717) is 18.1 Å². The smallest absolute Gasteiger partial charge is 0.272 e. The average Bonchev–Trinajstić information content (AvgIpc) is 2.39. The zero-order valence-corrected chi connectivity index (χ0v) is 11.1. The molecule has 1 N–H and O–H groups in total. The Hall–Kier alpha value is -2.16. The molecular weight excluding hydrogens is 230 g/mol. The van der Waals surface area contributed by atoms with Crippen molar-refractivity contribution in [2.75, 3.05) is 5.43 Å². The second-order valence-electron chi connectivity index (χ2n) is 3.90. The molecular formula is C12H17N5O. The summed E-state index contributed by atoms with van der Waals surface area (Å²) < 4.78 is 1.30. The van der Waals surface area contributed by atoms with Gasteiger partial charge < -0.3 is 0 Å². The number of nitrogens with zero attached hydrogens (tertiary/aromatic N) is 4. The van der Waals surface area contributed by atoms with E-state index in [4.69, 9.17) is 5.26 Å². The molecule has 0 saturated heterocycles. The number of nitrogens with one attached hydrogen (secondary N) is 1. The molecule has 18 heavy (non-hydrogen) atoms. The minimum Gasteiger partial charge on any atom is -0.279 e. The lowest BCUT2D eigenvalue weighted by atomic mass is 10.2. The highest BCUT2D eigenvalue weighted by molar-refractivity contribution is 5.82. The molecule has 0 aliphatic carbocycles. The van der Waals surface area contributed by atoms with Crippen LogP contribution in [-0.2, 0) is 13.5 Å². The van der Waals surface area contributed by atoms with Gasteiger partial charge in [0.2, 0.25) is 5.95 Å². The van der Waals surface area contributed by atoms with Crippen LogP contribution in [0.4, 0.5) is 5.95 Å². The highest BCUT2D eigenvalue weighted by Crippen LogP contribution is 2.06. The summed E-state index contributed by atoms with van der Waals surface area (Å²) in [6.45, 7) is 5.73. The summed E-state index contributed by atoms with van der Waals surface area (Å²) in [5.74, 6) is 0.351. The lowest BCUT2D eigenvalue weighted by Gasteiger charge is -2.09. The Bertz CT molecular complexity index is 565. The minimum absolute atomic E-state index is 0.0988. The van der Waals surface area contributed by atoms with Gasteiger partial charge in [-0.3, -0.25) is 9.36 Å². The maximum absolute atomic E-state index is 11.9. The van der Waals surface area contributed by atoms with Gasteiger partial charge in [0.1, 0.15) is 11.6 Å². The summed E-state index contributed by atoms with van der Waals surface area (Å²) in [5.41, 5.74) is 3.91. The third-order valence-corrected chi connectivity index (χ3v) is 2.67. The predicted octanol–water partition coefficient (Wildman–Crippen LogP) is 1.41. The number of aromatic nitrogens is 2. The van der Waals surface area contributed by atoms with Crippen molar-refractivity contribution in [3.05, 3.63) is 21.6 Å². The van der Waals surface area contributed by atoms with Crippen LogP contribution in [0.1, 0.15) is 38.4 Å². The van der Waals surface area contributed by atoms with E-state index in [-0.39, 0.29) is 11.1 Å². The van der Waals surface area contributed by atoms with Crippen LogP contribution in [-0.4, -0.2) is 15.3 Å². The number of hydrogen-bond acceptors (Lipinski definition) is 5. The van der Waals surface area contributed by atoms with E-state index in [1.807, 2.05) is 26.8 Å². The Morgan fingerprint density at radius 3 is 2.72 bits per heavy atom. The van der Waals surface area contributed by atoms with Gasteiger partial charge in [0.05, 0.1) is 5.69 Å². The number of aryl methyl sites for hydroxylation is 1. The Morgan fingerprint density at radius 1 is 1.56 bits per heavy atom. The van der Waals surface area contributed by atoms with Crippen LogP contribution in [0, 0.1) is 11.3 Å². The number of nitriles is 1. The first-order chi connectivity index (χ1) is 8.54. The van der Waals surface area contributed by atoms with Gasteiger partial charge in [0.15, 0.2) is 0 Å². The molecule has 1 rings (SSSR count). The summed E-state index contributed by atoms with van der Waals surface area (Å²) in [6.07, 6.45) is 1.35. The van der Waals surface area contributed by atoms with Gasteiger partial charge in [-0.05, 0) is 19.8 Å². The third kappa shape index (κ3) is 2.74. The van der Waals surface area contributed by atoms with E-state index in [9.17, 15) is 4.79 Å². The predicted molar refractivity (Wildman–Crippen MR) is 70.6 cm³/mol. The third-order valence-electron chi connectivity index (χ3n) is 2.67. The topological polar surface area (TPSA) is 83.1 Å². The molecule has 0 fully saturated rings. The lowest BCUT2D eigenvalue weighted by molar-refractivity contribution is 0.800. The molecule has 0 saturated carbocycles. The van der Waals surface area contributed by atoms with E-state index in [1.165, 1.54) is 4.57 Å². The molecule has 0 bridgehead atoms. The van der Waals surface area contributed by atoms with Crippen LogP contribution < -0.4 is 11.0 Å². The van der Waals surface area contributed by atoms with Crippen LogP contribution in [0.15, 0.2) is 9.90 Å². The molecule has 0 spiro atoms. The molecule has 0 atom stereocenters. The van der Waals surface area contributed by atoms with Crippen molar-refractivity contribution < 1.29 is 0 Å². The monoisotopic (exact) mass is 247 g/mol. The summed E-state index contributed by atoms with van der Waals surface area (Å²) in [4.78, 5) is 16.2. The zero-order valence-electron chi connectivity index (χ0n) is 11.1. The second kappa shape index (κ2) is 5.96. The van der Waals surface area contributed by atoms with E-state index in [2.05, 4.69) is 15.5 Å². The fraction of sp³-hybridized carbons (Fsp3) is 0.500. The van der Waals surface area contributed by atoms with Crippen molar-refractivity contribution >= 4 is 11.7 Å². The highest BCUT2D eigenvalue weighted by Gasteiger charge is 2.12. The van der Waals surface area contributed by atoms with Crippen LogP contribution >= 0.6 is 0 Å². The van der Waals surface area contributed by atoms with Crippen molar-refractivity contribution in [3.8, 4) is 6.07 Å². The number of rotatable bonds is 4.